The molecule has 2 aliphatic heterocycles. The number of anilines is 1. The van der Waals surface area contributed by atoms with Crippen molar-refractivity contribution in [1.82, 2.24) is 20.5 Å². The van der Waals surface area contributed by atoms with E-state index in [0.717, 1.165) is 82.5 Å². The van der Waals surface area contributed by atoms with Crippen molar-refractivity contribution in [2.45, 2.75) is 51.1 Å². The average Bonchev–Trinajstić information content (AvgIpc) is 2.73. The van der Waals surface area contributed by atoms with Crippen molar-refractivity contribution in [3.63, 3.8) is 0 Å². The van der Waals surface area contributed by atoms with Gasteiger partial charge in [-0.1, -0.05) is 6.07 Å². The maximum Gasteiger partial charge on any atom is 0.191 e. The third-order valence-corrected chi connectivity index (χ3v) is 6.28. The molecule has 29 heavy (non-hydrogen) atoms. The minimum absolute atomic E-state index is 0.0980. The Bertz CT molecular complexity index is 663. The van der Waals surface area contributed by atoms with Crippen molar-refractivity contribution >= 4 is 11.8 Å². The molecule has 162 valence electrons. The van der Waals surface area contributed by atoms with E-state index >= 15 is 0 Å². The highest BCUT2D eigenvalue weighted by Crippen LogP contribution is 2.26. The van der Waals surface area contributed by atoms with E-state index in [1.165, 1.54) is 0 Å². The van der Waals surface area contributed by atoms with E-state index in [9.17, 15) is 0 Å². The molecule has 0 radical (unpaired) electrons. The summed E-state index contributed by atoms with van der Waals surface area (Å²) in [5, 5.41) is 7.12. The molecule has 1 aromatic rings. The number of aryl methyl sites for hydroxylation is 1. The van der Waals surface area contributed by atoms with E-state index in [1.54, 1.807) is 0 Å². The first-order valence-corrected chi connectivity index (χ1v) is 11.0. The summed E-state index contributed by atoms with van der Waals surface area (Å²) >= 11 is 0. The second-order valence-corrected chi connectivity index (χ2v) is 8.47. The number of hydrogen-bond donors (Lipinski definition) is 2. The van der Waals surface area contributed by atoms with Gasteiger partial charge in [0, 0.05) is 50.1 Å². The first kappa shape index (κ1) is 21.8. The summed E-state index contributed by atoms with van der Waals surface area (Å²) < 4.78 is 5.59. The number of piperidine rings is 1. The summed E-state index contributed by atoms with van der Waals surface area (Å²) in [7, 11) is 4.33. The Morgan fingerprint density at radius 3 is 2.62 bits per heavy atom. The molecule has 0 aromatic carbocycles. The first-order chi connectivity index (χ1) is 14.0. The molecule has 0 atom stereocenters. The van der Waals surface area contributed by atoms with Crippen LogP contribution in [-0.4, -0.2) is 80.9 Å². The Morgan fingerprint density at radius 2 is 2.00 bits per heavy atom. The van der Waals surface area contributed by atoms with E-state index in [0.29, 0.717) is 6.04 Å². The average molecular weight is 403 g/mol. The Balaban J connectivity index is 1.57. The predicted octanol–water partition coefficient (Wildman–Crippen LogP) is 2.02. The zero-order chi connectivity index (χ0) is 20.7. The highest BCUT2D eigenvalue weighted by Gasteiger charge is 2.34. The smallest absolute Gasteiger partial charge is 0.191 e. The van der Waals surface area contributed by atoms with Crippen molar-refractivity contribution in [2.24, 2.45) is 4.99 Å². The Labute approximate surface area is 175 Å². The van der Waals surface area contributed by atoms with Gasteiger partial charge in [0.1, 0.15) is 5.82 Å². The molecule has 0 bridgehead atoms. The molecule has 3 heterocycles. The summed E-state index contributed by atoms with van der Waals surface area (Å²) in [5.74, 6) is 2.03. The number of nitrogens with zero attached hydrogens (tertiary/aromatic N) is 4. The van der Waals surface area contributed by atoms with Gasteiger partial charge in [0.05, 0.1) is 6.54 Å². The summed E-state index contributed by atoms with van der Waals surface area (Å²) in [6, 6.07) is 6.70. The van der Waals surface area contributed by atoms with Crippen LogP contribution in [0.4, 0.5) is 5.82 Å². The van der Waals surface area contributed by atoms with Crippen LogP contribution in [0.2, 0.25) is 0 Å². The third kappa shape index (κ3) is 5.82. The van der Waals surface area contributed by atoms with Crippen molar-refractivity contribution < 1.29 is 4.74 Å². The van der Waals surface area contributed by atoms with Gasteiger partial charge in [-0.15, -0.1) is 0 Å². The van der Waals surface area contributed by atoms with Crippen LogP contribution in [0.15, 0.2) is 23.2 Å². The van der Waals surface area contributed by atoms with Gasteiger partial charge < -0.3 is 25.2 Å². The normalized spacial score (nSPS) is 20.7. The second kappa shape index (κ2) is 10.3. The lowest BCUT2D eigenvalue weighted by atomic mass is 9.89. The molecule has 0 spiro atoms. The molecule has 1 aromatic heterocycles. The van der Waals surface area contributed by atoms with Crippen LogP contribution in [0.1, 0.15) is 38.3 Å². The van der Waals surface area contributed by atoms with Crippen LogP contribution in [0.5, 0.6) is 0 Å². The number of ether oxygens (including phenoxy) is 1. The van der Waals surface area contributed by atoms with Gasteiger partial charge in [-0.05, 0) is 65.8 Å². The number of likely N-dealkylation sites (N-methyl/N-ethyl adjacent to an activating group) is 1. The SMILES string of the molecule is CCNC(=NCC1(N(C)C)CCOCC1)NC1CCN(c2cccc(C)n2)CC1. The number of pyridine rings is 1. The van der Waals surface area contributed by atoms with E-state index in [4.69, 9.17) is 9.73 Å². The lowest BCUT2D eigenvalue weighted by molar-refractivity contribution is -0.00255. The quantitative estimate of drug-likeness (QED) is 0.561. The lowest BCUT2D eigenvalue weighted by Crippen LogP contribution is -2.53. The van der Waals surface area contributed by atoms with Crippen LogP contribution >= 0.6 is 0 Å². The number of rotatable bonds is 6. The molecule has 7 heteroatoms. The Kier molecular flexibility index (Phi) is 7.72. The van der Waals surface area contributed by atoms with E-state index in [2.05, 4.69) is 71.6 Å². The van der Waals surface area contributed by atoms with E-state index in [-0.39, 0.29) is 5.54 Å². The zero-order valence-electron chi connectivity index (χ0n) is 18.6. The molecule has 0 unspecified atom stereocenters. The number of hydrogen-bond acceptors (Lipinski definition) is 5. The van der Waals surface area contributed by atoms with Crippen molar-refractivity contribution in [3.8, 4) is 0 Å². The molecular weight excluding hydrogens is 364 g/mol. The van der Waals surface area contributed by atoms with Gasteiger partial charge in [-0.25, -0.2) is 4.98 Å². The minimum Gasteiger partial charge on any atom is -0.381 e. The van der Waals surface area contributed by atoms with Crippen LogP contribution in [-0.2, 0) is 4.74 Å². The topological polar surface area (TPSA) is 65.0 Å². The number of aromatic nitrogens is 1. The fourth-order valence-corrected chi connectivity index (χ4v) is 4.20. The number of aliphatic imine (C=N–C) groups is 1. The molecule has 2 N–H and O–H groups in total. The van der Waals surface area contributed by atoms with Crippen LogP contribution in [0, 0.1) is 6.92 Å². The van der Waals surface area contributed by atoms with Crippen LogP contribution < -0.4 is 15.5 Å². The summed E-state index contributed by atoms with van der Waals surface area (Å²) in [6.07, 6.45) is 4.25. The molecular formula is C22H38N6O. The summed E-state index contributed by atoms with van der Waals surface area (Å²) in [6.45, 7) is 9.53. The summed E-state index contributed by atoms with van der Waals surface area (Å²) in [5.41, 5.74) is 1.17. The van der Waals surface area contributed by atoms with Gasteiger partial charge in [-0.2, -0.15) is 0 Å². The third-order valence-electron chi connectivity index (χ3n) is 6.28. The largest absolute Gasteiger partial charge is 0.381 e. The predicted molar refractivity (Wildman–Crippen MR) is 120 cm³/mol. The van der Waals surface area contributed by atoms with Gasteiger partial charge in [0.25, 0.3) is 0 Å². The van der Waals surface area contributed by atoms with Crippen molar-refractivity contribution in [1.29, 1.82) is 0 Å². The fourth-order valence-electron chi connectivity index (χ4n) is 4.20. The standard InChI is InChI=1S/C22H38N6O/c1-5-23-21(24-17-22(27(3)4)11-15-29-16-12-22)26-19-9-13-28(14-10-19)20-8-6-7-18(2)25-20/h6-8,19H,5,9-17H2,1-4H3,(H2,23,24,26). The minimum atomic E-state index is 0.0980. The molecule has 2 aliphatic rings. The molecule has 7 nitrogen and oxygen atoms in total. The monoisotopic (exact) mass is 402 g/mol. The van der Waals surface area contributed by atoms with Gasteiger partial charge >= 0.3 is 0 Å². The number of guanidine groups is 1. The highest BCUT2D eigenvalue weighted by atomic mass is 16.5. The lowest BCUT2D eigenvalue weighted by Gasteiger charge is -2.42. The van der Waals surface area contributed by atoms with Crippen molar-refractivity contribution in [3.05, 3.63) is 23.9 Å². The Morgan fingerprint density at radius 1 is 1.28 bits per heavy atom. The van der Waals surface area contributed by atoms with Gasteiger partial charge in [0.2, 0.25) is 0 Å². The Hall–Kier alpha value is -1.86. The molecule has 2 fully saturated rings. The highest BCUT2D eigenvalue weighted by molar-refractivity contribution is 5.80. The number of nitrogens with one attached hydrogen (secondary N) is 2. The van der Waals surface area contributed by atoms with Gasteiger partial charge in [-0.3, -0.25) is 4.99 Å². The maximum atomic E-state index is 5.59. The van der Waals surface area contributed by atoms with E-state index < -0.39 is 0 Å². The molecule has 0 amide bonds. The fraction of sp³-hybridized carbons (Fsp3) is 0.727. The van der Waals surface area contributed by atoms with Crippen LogP contribution in [0.3, 0.4) is 0 Å². The van der Waals surface area contributed by atoms with Crippen molar-refractivity contribution in [2.75, 3.05) is 58.4 Å². The molecule has 3 rings (SSSR count). The first-order valence-electron chi connectivity index (χ1n) is 11.0. The molecule has 0 aliphatic carbocycles. The van der Waals surface area contributed by atoms with Crippen LogP contribution in [0.25, 0.3) is 0 Å². The molecule has 2 saturated heterocycles. The molecule has 0 saturated carbocycles. The second-order valence-electron chi connectivity index (χ2n) is 8.47. The maximum absolute atomic E-state index is 5.59. The zero-order valence-corrected chi connectivity index (χ0v) is 18.6. The van der Waals surface area contributed by atoms with Gasteiger partial charge in [0.15, 0.2) is 5.96 Å². The summed E-state index contributed by atoms with van der Waals surface area (Å²) in [4.78, 5) is 14.4. The van der Waals surface area contributed by atoms with E-state index in [1.807, 2.05) is 0 Å².